The van der Waals surface area contributed by atoms with Gasteiger partial charge in [-0.1, -0.05) is 29.8 Å². The lowest BCUT2D eigenvalue weighted by atomic mass is 9.84. The SMILES string of the molecule is COc1ccc(C2C3=C(Nc4ncnn42)c2cc(C)ccc2OC3c2cccc(F)c2)cc1OC. The molecule has 35 heavy (non-hydrogen) atoms. The fourth-order valence-electron chi connectivity index (χ4n) is 4.87. The molecule has 7 nitrogen and oxygen atoms in total. The quantitative estimate of drug-likeness (QED) is 0.436. The Morgan fingerprint density at radius 2 is 1.83 bits per heavy atom. The molecule has 6 rings (SSSR count). The van der Waals surface area contributed by atoms with Crippen LogP contribution in [0.3, 0.4) is 0 Å². The molecule has 0 aliphatic carbocycles. The van der Waals surface area contributed by atoms with Gasteiger partial charge in [-0.3, -0.25) is 0 Å². The van der Waals surface area contributed by atoms with Gasteiger partial charge in [0.1, 0.15) is 30.0 Å². The number of nitrogens with zero attached hydrogens (tertiary/aromatic N) is 3. The van der Waals surface area contributed by atoms with Crippen molar-refractivity contribution in [2.45, 2.75) is 19.1 Å². The highest BCUT2D eigenvalue weighted by atomic mass is 19.1. The Kier molecular flexibility index (Phi) is 4.95. The molecule has 3 heterocycles. The second-order valence-electron chi connectivity index (χ2n) is 8.55. The van der Waals surface area contributed by atoms with Crippen LogP contribution in [-0.2, 0) is 0 Å². The van der Waals surface area contributed by atoms with Crippen molar-refractivity contribution in [3.8, 4) is 17.2 Å². The minimum atomic E-state index is -0.557. The van der Waals surface area contributed by atoms with E-state index in [2.05, 4.69) is 21.5 Å². The Bertz CT molecular complexity index is 1480. The zero-order chi connectivity index (χ0) is 24.1. The number of nitrogens with one attached hydrogen (secondary N) is 1. The van der Waals surface area contributed by atoms with Crippen LogP contribution < -0.4 is 19.5 Å². The van der Waals surface area contributed by atoms with Crippen LogP contribution in [0.5, 0.6) is 17.2 Å². The molecule has 0 saturated carbocycles. The normalized spacial score (nSPS) is 18.1. The van der Waals surface area contributed by atoms with Crippen molar-refractivity contribution in [3.63, 3.8) is 0 Å². The van der Waals surface area contributed by atoms with Crippen LogP contribution in [0.25, 0.3) is 5.70 Å². The Labute approximate surface area is 201 Å². The van der Waals surface area contributed by atoms with Gasteiger partial charge in [0.15, 0.2) is 11.5 Å². The van der Waals surface area contributed by atoms with Gasteiger partial charge in [0, 0.05) is 11.1 Å². The predicted octanol–water partition coefficient (Wildman–Crippen LogP) is 5.30. The van der Waals surface area contributed by atoms with Crippen LogP contribution in [0.15, 0.2) is 72.6 Å². The summed E-state index contributed by atoms with van der Waals surface area (Å²) in [6, 6.07) is 17.9. The number of hydrogen-bond donors (Lipinski definition) is 1. The van der Waals surface area contributed by atoms with E-state index in [0.717, 1.165) is 33.7 Å². The largest absolute Gasteiger partial charge is 0.493 e. The summed E-state index contributed by atoms with van der Waals surface area (Å²) in [5.41, 5.74) is 5.42. The van der Waals surface area contributed by atoms with Gasteiger partial charge in [0.2, 0.25) is 5.95 Å². The second kappa shape index (κ2) is 8.16. The molecule has 3 aromatic carbocycles. The summed E-state index contributed by atoms with van der Waals surface area (Å²) in [6.45, 7) is 2.04. The summed E-state index contributed by atoms with van der Waals surface area (Å²) >= 11 is 0. The summed E-state index contributed by atoms with van der Waals surface area (Å²) in [5.74, 6) is 2.23. The zero-order valence-corrected chi connectivity index (χ0v) is 19.4. The Balaban J connectivity index is 1.63. The standard InChI is InChI=1S/C27H23FN4O3/c1-15-7-9-20-19(11-15)24-23(26(35-20)17-5-4-6-18(28)12-17)25(32-27(31-24)29-14-30-32)16-8-10-21(33-2)22(13-16)34-3/h4-14,25-26H,1-3H3,(H,29,30,31). The molecule has 1 N–H and O–H groups in total. The first-order chi connectivity index (χ1) is 17.1. The molecule has 1 aromatic heterocycles. The predicted molar refractivity (Wildman–Crippen MR) is 129 cm³/mol. The maximum Gasteiger partial charge on any atom is 0.226 e. The molecule has 2 unspecified atom stereocenters. The van der Waals surface area contributed by atoms with Gasteiger partial charge in [-0.2, -0.15) is 10.1 Å². The first-order valence-corrected chi connectivity index (χ1v) is 11.2. The molecule has 2 atom stereocenters. The molecule has 0 bridgehead atoms. The Morgan fingerprint density at radius 1 is 0.971 bits per heavy atom. The van der Waals surface area contributed by atoms with Crippen molar-refractivity contribution in [3.05, 3.63) is 101 Å². The minimum absolute atomic E-state index is 0.323. The van der Waals surface area contributed by atoms with Gasteiger partial charge in [-0.05, 0) is 54.4 Å². The molecule has 0 amide bonds. The molecule has 2 aliphatic heterocycles. The maximum absolute atomic E-state index is 14.3. The van der Waals surface area contributed by atoms with Crippen LogP contribution in [0.4, 0.5) is 10.3 Å². The van der Waals surface area contributed by atoms with Gasteiger partial charge in [0.05, 0.1) is 19.9 Å². The number of methoxy groups -OCH3 is 2. The highest BCUT2D eigenvalue weighted by Crippen LogP contribution is 2.51. The summed E-state index contributed by atoms with van der Waals surface area (Å²) in [7, 11) is 3.21. The molecular weight excluding hydrogens is 447 g/mol. The average Bonchev–Trinajstić information content (AvgIpc) is 3.35. The average molecular weight is 471 g/mol. The third-order valence-corrected chi connectivity index (χ3v) is 6.44. The molecule has 8 heteroatoms. The Morgan fingerprint density at radius 3 is 2.63 bits per heavy atom. The van der Waals surface area contributed by atoms with Crippen LogP contribution in [0.2, 0.25) is 0 Å². The molecule has 2 aliphatic rings. The number of aryl methyl sites for hydroxylation is 1. The molecule has 4 aromatic rings. The number of aromatic nitrogens is 3. The number of benzene rings is 3. The highest BCUT2D eigenvalue weighted by Gasteiger charge is 2.41. The second-order valence-corrected chi connectivity index (χ2v) is 8.55. The van der Waals surface area contributed by atoms with E-state index in [1.54, 1.807) is 20.3 Å². The number of rotatable bonds is 4. The third kappa shape index (κ3) is 3.41. The molecule has 176 valence electrons. The summed E-state index contributed by atoms with van der Waals surface area (Å²) in [4.78, 5) is 4.46. The molecular formula is C27H23FN4O3. The number of halogens is 1. The van der Waals surface area contributed by atoms with Gasteiger partial charge >= 0.3 is 0 Å². The van der Waals surface area contributed by atoms with E-state index in [-0.39, 0.29) is 11.9 Å². The smallest absolute Gasteiger partial charge is 0.226 e. The number of fused-ring (bicyclic) bond motifs is 3. The van der Waals surface area contributed by atoms with Crippen molar-refractivity contribution < 1.29 is 18.6 Å². The number of hydrogen-bond acceptors (Lipinski definition) is 6. The highest BCUT2D eigenvalue weighted by molar-refractivity contribution is 5.85. The van der Waals surface area contributed by atoms with E-state index in [1.165, 1.54) is 18.5 Å². The van der Waals surface area contributed by atoms with Gasteiger partial charge in [0.25, 0.3) is 0 Å². The van der Waals surface area contributed by atoms with Crippen molar-refractivity contribution in [1.29, 1.82) is 0 Å². The van der Waals surface area contributed by atoms with Crippen molar-refractivity contribution in [2.24, 2.45) is 0 Å². The monoisotopic (exact) mass is 470 g/mol. The summed E-state index contributed by atoms with van der Waals surface area (Å²) in [6.07, 6.45) is 0.961. The van der Waals surface area contributed by atoms with Crippen LogP contribution in [0, 0.1) is 12.7 Å². The van der Waals surface area contributed by atoms with E-state index < -0.39 is 6.10 Å². The van der Waals surface area contributed by atoms with E-state index >= 15 is 0 Å². The van der Waals surface area contributed by atoms with Crippen molar-refractivity contribution in [1.82, 2.24) is 14.8 Å². The summed E-state index contributed by atoms with van der Waals surface area (Å²) < 4.78 is 33.8. The van der Waals surface area contributed by atoms with Crippen LogP contribution >= 0.6 is 0 Å². The van der Waals surface area contributed by atoms with E-state index in [4.69, 9.17) is 14.2 Å². The minimum Gasteiger partial charge on any atom is -0.493 e. The lowest BCUT2D eigenvalue weighted by molar-refractivity contribution is 0.222. The van der Waals surface area contributed by atoms with Crippen molar-refractivity contribution >= 4 is 11.6 Å². The van der Waals surface area contributed by atoms with Gasteiger partial charge in [-0.15, -0.1) is 0 Å². The number of ether oxygens (including phenoxy) is 3. The van der Waals surface area contributed by atoms with E-state index in [9.17, 15) is 4.39 Å². The molecule has 0 radical (unpaired) electrons. The fourth-order valence-corrected chi connectivity index (χ4v) is 4.87. The first kappa shape index (κ1) is 21.2. The lowest BCUT2D eigenvalue weighted by Crippen LogP contribution is -2.32. The fraction of sp³-hybridized carbons (Fsp3) is 0.185. The topological polar surface area (TPSA) is 70.4 Å². The van der Waals surface area contributed by atoms with Crippen LogP contribution in [-0.4, -0.2) is 29.0 Å². The third-order valence-electron chi connectivity index (χ3n) is 6.44. The van der Waals surface area contributed by atoms with Crippen LogP contribution in [0.1, 0.15) is 34.4 Å². The number of anilines is 1. The lowest BCUT2D eigenvalue weighted by Gasteiger charge is -2.39. The molecule has 0 spiro atoms. The zero-order valence-electron chi connectivity index (χ0n) is 19.4. The van der Waals surface area contributed by atoms with Gasteiger partial charge in [-0.25, -0.2) is 9.07 Å². The van der Waals surface area contributed by atoms with Crippen molar-refractivity contribution in [2.75, 3.05) is 19.5 Å². The first-order valence-electron chi connectivity index (χ1n) is 11.2. The van der Waals surface area contributed by atoms with E-state index in [1.807, 2.05) is 48.0 Å². The summed E-state index contributed by atoms with van der Waals surface area (Å²) in [5, 5.41) is 8.00. The van der Waals surface area contributed by atoms with Gasteiger partial charge < -0.3 is 19.5 Å². The maximum atomic E-state index is 14.3. The van der Waals surface area contributed by atoms with E-state index in [0.29, 0.717) is 23.0 Å². The Hall–Kier alpha value is -4.33. The molecule has 0 saturated heterocycles. The molecule has 0 fully saturated rings.